The minimum absolute atomic E-state index is 0.0175. The van der Waals surface area contributed by atoms with Gasteiger partial charge in [-0.2, -0.15) is 0 Å². The molecule has 2 fully saturated rings. The molecule has 2 heterocycles. The Balaban J connectivity index is 1.72. The van der Waals surface area contributed by atoms with Gasteiger partial charge in [0.2, 0.25) is 11.8 Å². The van der Waals surface area contributed by atoms with Crippen molar-refractivity contribution in [1.82, 2.24) is 9.80 Å². The molecule has 3 atom stereocenters. The first-order chi connectivity index (χ1) is 13.2. The molecule has 0 aromatic heterocycles. The molecule has 0 saturated carbocycles. The lowest BCUT2D eigenvalue weighted by Crippen LogP contribution is -2.49. The van der Waals surface area contributed by atoms with Crippen molar-refractivity contribution < 1.29 is 19.5 Å². The van der Waals surface area contributed by atoms with Gasteiger partial charge in [0.25, 0.3) is 0 Å². The number of benzene rings is 1. The molecule has 0 aliphatic carbocycles. The molecule has 1 N–H and O–H groups in total. The van der Waals surface area contributed by atoms with Crippen LogP contribution in [-0.2, 0) is 14.4 Å². The number of carbonyl (C=O) groups excluding carboxylic acids is 2. The van der Waals surface area contributed by atoms with Gasteiger partial charge in [0.05, 0.1) is 11.8 Å². The van der Waals surface area contributed by atoms with E-state index in [9.17, 15) is 19.5 Å². The normalized spacial score (nSPS) is 25.6. The summed E-state index contributed by atoms with van der Waals surface area (Å²) in [4.78, 5) is 41.1. The Morgan fingerprint density at radius 3 is 2.29 bits per heavy atom. The molecule has 28 heavy (non-hydrogen) atoms. The van der Waals surface area contributed by atoms with Crippen LogP contribution in [0, 0.1) is 17.3 Å². The largest absolute Gasteiger partial charge is 0.481 e. The lowest BCUT2D eigenvalue weighted by molar-refractivity contribution is -0.145. The van der Waals surface area contributed by atoms with E-state index < -0.39 is 17.3 Å². The molecule has 2 saturated heterocycles. The Labute approximate surface area is 166 Å². The first-order valence-corrected chi connectivity index (χ1v) is 10.0. The van der Waals surface area contributed by atoms with Crippen LogP contribution in [-0.4, -0.2) is 58.9 Å². The average Bonchev–Trinajstić information content (AvgIpc) is 3.12. The monoisotopic (exact) mass is 386 g/mol. The quantitative estimate of drug-likeness (QED) is 0.866. The standard InChI is InChI=1S/C22H30N2O4/c1-22(2,3)21(28)23-11-7-10-16(12-23)19(25)24-13-17(18(14-24)20(26)27)15-8-5-4-6-9-15/h4-6,8-9,16-18H,7,10-14H2,1-3H3,(H,26,27)/t16?,17-,18-/m0/s1. The summed E-state index contributed by atoms with van der Waals surface area (Å²) in [6.45, 7) is 7.44. The van der Waals surface area contributed by atoms with Crippen molar-refractivity contribution in [2.24, 2.45) is 17.3 Å². The maximum absolute atomic E-state index is 13.2. The van der Waals surface area contributed by atoms with E-state index in [-0.39, 0.29) is 30.2 Å². The highest BCUT2D eigenvalue weighted by atomic mass is 16.4. The number of carboxylic acid groups (broad SMARTS) is 1. The Kier molecular flexibility index (Phi) is 5.77. The first-order valence-electron chi connectivity index (χ1n) is 10.0. The topological polar surface area (TPSA) is 77.9 Å². The summed E-state index contributed by atoms with van der Waals surface area (Å²) in [7, 11) is 0. The second-order valence-corrected chi connectivity index (χ2v) is 9.05. The van der Waals surface area contributed by atoms with Crippen LogP contribution < -0.4 is 0 Å². The summed E-state index contributed by atoms with van der Waals surface area (Å²) in [5.74, 6) is -1.85. The van der Waals surface area contributed by atoms with Crippen LogP contribution in [0.1, 0.15) is 45.1 Å². The maximum Gasteiger partial charge on any atom is 0.308 e. The fourth-order valence-corrected chi connectivity index (χ4v) is 4.37. The van der Waals surface area contributed by atoms with Gasteiger partial charge in [-0.15, -0.1) is 0 Å². The van der Waals surface area contributed by atoms with Gasteiger partial charge in [-0.3, -0.25) is 14.4 Å². The van der Waals surface area contributed by atoms with Crippen molar-refractivity contribution in [3.63, 3.8) is 0 Å². The molecule has 0 spiro atoms. The third-order valence-corrected chi connectivity index (χ3v) is 5.88. The predicted molar refractivity (Wildman–Crippen MR) is 106 cm³/mol. The molecule has 1 aromatic carbocycles. The van der Waals surface area contributed by atoms with E-state index >= 15 is 0 Å². The van der Waals surface area contributed by atoms with Gasteiger partial charge in [-0.25, -0.2) is 0 Å². The van der Waals surface area contributed by atoms with E-state index in [1.807, 2.05) is 51.1 Å². The van der Waals surface area contributed by atoms with E-state index in [0.717, 1.165) is 18.4 Å². The number of aliphatic carboxylic acids is 1. The van der Waals surface area contributed by atoms with Crippen LogP contribution >= 0.6 is 0 Å². The highest BCUT2D eigenvalue weighted by molar-refractivity contribution is 5.85. The Hall–Kier alpha value is -2.37. The van der Waals surface area contributed by atoms with E-state index in [1.54, 1.807) is 9.80 Å². The van der Waals surface area contributed by atoms with Gasteiger partial charge in [-0.1, -0.05) is 51.1 Å². The Bertz CT molecular complexity index is 741. The maximum atomic E-state index is 13.2. The summed E-state index contributed by atoms with van der Waals surface area (Å²) in [5.41, 5.74) is 0.490. The minimum atomic E-state index is -0.864. The Morgan fingerprint density at radius 2 is 1.68 bits per heavy atom. The van der Waals surface area contributed by atoms with Crippen molar-refractivity contribution in [2.75, 3.05) is 26.2 Å². The van der Waals surface area contributed by atoms with Crippen LogP contribution in [0.15, 0.2) is 30.3 Å². The molecule has 2 aliphatic rings. The van der Waals surface area contributed by atoms with E-state index in [1.165, 1.54) is 0 Å². The zero-order chi connectivity index (χ0) is 20.5. The lowest BCUT2D eigenvalue weighted by Gasteiger charge is -2.37. The van der Waals surface area contributed by atoms with Crippen molar-refractivity contribution in [2.45, 2.75) is 39.5 Å². The first kappa shape index (κ1) is 20.4. The van der Waals surface area contributed by atoms with Gasteiger partial charge >= 0.3 is 5.97 Å². The highest BCUT2D eigenvalue weighted by Gasteiger charge is 2.43. The number of amides is 2. The summed E-state index contributed by atoms with van der Waals surface area (Å²) >= 11 is 0. The minimum Gasteiger partial charge on any atom is -0.481 e. The number of nitrogens with zero attached hydrogens (tertiary/aromatic N) is 2. The highest BCUT2D eigenvalue weighted by Crippen LogP contribution is 2.34. The lowest BCUT2D eigenvalue weighted by atomic mass is 9.89. The molecule has 0 radical (unpaired) electrons. The zero-order valence-electron chi connectivity index (χ0n) is 16.9. The number of hydrogen-bond acceptors (Lipinski definition) is 3. The fourth-order valence-electron chi connectivity index (χ4n) is 4.37. The summed E-state index contributed by atoms with van der Waals surface area (Å²) in [5, 5.41) is 9.67. The molecule has 152 valence electrons. The summed E-state index contributed by atoms with van der Waals surface area (Å²) in [6.07, 6.45) is 1.55. The van der Waals surface area contributed by atoms with Crippen LogP contribution in [0.3, 0.4) is 0 Å². The third kappa shape index (κ3) is 4.21. The predicted octanol–water partition coefficient (Wildman–Crippen LogP) is 2.60. The molecule has 3 rings (SSSR count). The molecule has 1 unspecified atom stereocenters. The van der Waals surface area contributed by atoms with Crippen LogP contribution in [0.2, 0.25) is 0 Å². The number of carboxylic acids is 1. The number of piperidine rings is 1. The van der Waals surface area contributed by atoms with Gasteiger partial charge in [0.1, 0.15) is 0 Å². The number of likely N-dealkylation sites (tertiary alicyclic amines) is 2. The number of hydrogen-bond donors (Lipinski definition) is 1. The van der Waals surface area contributed by atoms with E-state index in [2.05, 4.69) is 0 Å². The fraction of sp³-hybridized carbons (Fsp3) is 0.591. The van der Waals surface area contributed by atoms with E-state index in [4.69, 9.17) is 0 Å². The zero-order valence-corrected chi connectivity index (χ0v) is 16.9. The van der Waals surface area contributed by atoms with Crippen molar-refractivity contribution in [3.8, 4) is 0 Å². The molecule has 2 aliphatic heterocycles. The van der Waals surface area contributed by atoms with Crippen LogP contribution in [0.25, 0.3) is 0 Å². The molecule has 6 nitrogen and oxygen atoms in total. The second kappa shape index (κ2) is 7.94. The molecule has 1 aromatic rings. The third-order valence-electron chi connectivity index (χ3n) is 5.88. The van der Waals surface area contributed by atoms with Crippen LogP contribution in [0.4, 0.5) is 0 Å². The second-order valence-electron chi connectivity index (χ2n) is 9.05. The van der Waals surface area contributed by atoms with Gasteiger partial charge in [-0.05, 0) is 18.4 Å². The van der Waals surface area contributed by atoms with Crippen molar-refractivity contribution in [3.05, 3.63) is 35.9 Å². The van der Waals surface area contributed by atoms with Crippen molar-refractivity contribution in [1.29, 1.82) is 0 Å². The molecular weight excluding hydrogens is 356 g/mol. The molecule has 6 heteroatoms. The molecule has 0 bridgehead atoms. The number of carbonyl (C=O) groups is 3. The van der Waals surface area contributed by atoms with Crippen molar-refractivity contribution >= 4 is 17.8 Å². The van der Waals surface area contributed by atoms with Gasteiger partial charge < -0.3 is 14.9 Å². The average molecular weight is 386 g/mol. The number of rotatable bonds is 3. The smallest absolute Gasteiger partial charge is 0.308 e. The van der Waals surface area contributed by atoms with Gasteiger partial charge in [0, 0.05) is 37.5 Å². The summed E-state index contributed by atoms with van der Waals surface area (Å²) < 4.78 is 0. The van der Waals surface area contributed by atoms with Crippen LogP contribution in [0.5, 0.6) is 0 Å². The summed E-state index contributed by atoms with van der Waals surface area (Å²) in [6, 6.07) is 9.56. The Morgan fingerprint density at radius 1 is 1.00 bits per heavy atom. The molecule has 2 amide bonds. The SMILES string of the molecule is CC(C)(C)C(=O)N1CCCC(C(=O)N2C[C@H](C(=O)O)[C@H](c3ccccc3)C2)C1. The van der Waals surface area contributed by atoms with E-state index in [0.29, 0.717) is 19.6 Å². The van der Waals surface area contributed by atoms with Gasteiger partial charge in [0.15, 0.2) is 0 Å². The molecular formula is C22H30N2O4.